The predicted octanol–water partition coefficient (Wildman–Crippen LogP) is 0.343. The van der Waals surface area contributed by atoms with Crippen LogP contribution in [-0.2, 0) is 9.47 Å². The van der Waals surface area contributed by atoms with Crippen molar-refractivity contribution >= 4 is 12.2 Å². The molecular formula is C14H24N4O4. The molecule has 2 amide bonds. The molecule has 0 radical (unpaired) electrons. The summed E-state index contributed by atoms with van der Waals surface area (Å²) < 4.78 is 9.60. The number of nitrogens with zero attached hydrogens (tertiary/aromatic N) is 2. The molecule has 1 aliphatic heterocycles. The van der Waals surface area contributed by atoms with Gasteiger partial charge in [-0.25, -0.2) is 9.59 Å². The van der Waals surface area contributed by atoms with E-state index in [-0.39, 0.29) is 0 Å². The number of nitrogens with one attached hydrogen (secondary N) is 2. The second kappa shape index (κ2) is 10.6. The Morgan fingerprint density at radius 1 is 0.773 bits per heavy atom. The fourth-order valence-electron chi connectivity index (χ4n) is 1.99. The first kappa shape index (κ1) is 18.0. The zero-order valence-corrected chi connectivity index (χ0v) is 12.8. The largest absolute Gasteiger partial charge is 0.419 e. The minimum absolute atomic E-state index is 0.410. The van der Waals surface area contributed by atoms with Crippen LogP contribution in [0.3, 0.4) is 0 Å². The highest BCUT2D eigenvalue weighted by molar-refractivity contribution is 5.68. The van der Waals surface area contributed by atoms with Crippen molar-refractivity contribution in [2.45, 2.75) is 0 Å². The summed E-state index contributed by atoms with van der Waals surface area (Å²) in [4.78, 5) is 26.7. The third-order valence-electron chi connectivity index (χ3n) is 3.12. The maximum atomic E-state index is 11.7. The number of rotatable bonds is 2. The van der Waals surface area contributed by atoms with Crippen LogP contribution in [-0.4, -0.2) is 74.3 Å². The summed E-state index contributed by atoms with van der Waals surface area (Å²) in [5.41, 5.74) is 0. The summed E-state index contributed by atoms with van der Waals surface area (Å²) in [6.45, 7) is 11.3. The Bertz CT molecular complexity index is 341. The molecule has 1 aliphatic rings. The van der Waals surface area contributed by atoms with Gasteiger partial charge in [0.25, 0.3) is 0 Å². The highest BCUT2D eigenvalue weighted by Gasteiger charge is 2.16. The second-order valence-electron chi connectivity index (χ2n) is 4.57. The summed E-state index contributed by atoms with van der Waals surface area (Å²) in [5.74, 6) is 0. The summed E-state index contributed by atoms with van der Waals surface area (Å²) >= 11 is 0. The molecule has 0 atom stereocenters. The first-order valence-corrected chi connectivity index (χ1v) is 7.23. The van der Waals surface area contributed by atoms with E-state index < -0.39 is 12.2 Å². The normalized spacial score (nSPS) is 17.6. The number of carbonyl (C=O) groups excluding carboxylic acids is 2. The fourth-order valence-corrected chi connectivity index (χ4v) is 1.99. The van der Waals surface area contributed by atoms with Gasteiger partial charge in [0, 0.05) is 52.4 Å². The molecular weight excluding hydrogens is 288 g/mol. The molecule has 22 heavy (non-hydrogen) atoms. The van der Waals surface area contributed by atoms with Gasteiger partial charge in [0.2, 0.25) is 0 Å². The Morgan fingerprint density at radius 3 is 1.36 bits per heavy atom. The van der Waals surface area contributed by atoms with Gasteiger partial charge in [0.15, 0.2) is 0 Å². The van der Waals surface area contributed by atoms with Gasteiger partial charge >= 0.3 is 12.2 Å². The molecule has 0 bridgehead atoms. The number of amides is 2. The quantitative estimate of drug-likeness (QED) is 0.716. The Balaban J connectivity index is 2.48. The SMILES string of the molecule is C=COC(=O)N1CCNCCN(C(=O)OC=C)CCNCC1. The zero-order valence-electron chi connectivity index (χ0n) is 12.8. The van der Waals surface area contributed by atoms with Crippen LogP contribution in [0.15, 0.2) is 25.7 Å². The van der Waals surface area contributed by atoms with E-state index in [1.165, 1.54) is 0 Å². The van der Waals surface area contributed by atoms with E-state index in [0.29, 0.717) is 52.4 Å². The number of carbonyl (C=O) groups is 2. The molecule has 1 rings (SSSR count). The zero-order chi connectivity index (χ0) is 16.2. The van der Waals surface area contributed by atoms with Crippen molar-refractivity contribution in [1.82, 2.24) is 20.4 Å². The lowest BCUT2D eigenvalue weighted by Crippen LogP contribution is -2.46. The molecule has 0 aromatic heterocycles. The molecule has 0 saturated carbocycles. The Hall–Kier alpha value is -2.06. The van der Waals surface area contributed by atoms with Crippen LogP contribution in [0.1, 0.15) is 0 Å². The van der Waals surface area contributed by atoms with Gasteiger partial charge in [-0.1, -0.05) is 13.2 Å². The first-order chi connectivity index (χ1) is 10.7. The third kappa shape index (κ3) is 6.59. The highest BCUT2D eigenvalue weighted by Crippen LogP contribution is 1.96. The minimum atomic E-state index is -0.410. The van der Waals surface area contributed by atoms with Gasteiger partial charge in [0.1, 0.15) is 0 Å². The maximum Gasteiger partial charge on any atom is 0.414 e. The molecule has 1 heterocycles. The molecule has 1 fully saturated rings. The third-order valence-corrected chi connectivity index (χ3v) is 3.12. The van der Waals surface area contributed by atoms with E-state index in [9.17, 15) is 9.59 Å². The van der Waals surface area contributed by atoms with Crippen LogP contribution in [0, 0.1) is 0 Å². The van der Waals surface area contributed by atoms with Gasteiger partial charge in [-0.15, -0.1) is 0 Å². The summed E-state index contributed by atoms with van der Waals surface area (Å²) in [7, 11) is 0. The van der Waals surface area contributed by atoms with Crippen LogP contribution in [0.5, 0.6) is 0 Å². The molecule has 0 aromatic carbocycles. The van der Waals surface area contributed by atoms with Gasteiger partial charge in [0.05, 0.1) is 12.5 Å². The molecule has 0 spiro atoms. The molecule has 1 saturated heterocycles. The average molecular weight is 312 g/mol. The lowest BCUT2D eigenvalue weighted by molar-refractivity contribution is 0.132. The van der Waals surface area contributed by atoms with Crippen LogP contribution in [0.2, 0.25) is 0 Å². The topological polar surface area (TPSA) is 83.1 Å². The van der Waals surface area contributed by atoms with Crippen LogP contribution >= 0.6 is 0 Å². The lowest BCUT2D eigenvalue weighted by Gasteiger charge is -2.25. The van der Waals surface area contributed by atoms with Gasteiger partial charge in [-0.05, 0) is 0 Å². The second-order valence-corrected chi connectivity index (χ2v) is 4.57. The van der Waals surface area contributed by atoms with E-state index in [1.807, 2.05) is 0 Å². The van der Waals surface area contributed by atoms with E-state index in [4.69, 9.17) is 9.47 Å². The number of ether oxygens (including phenoxy) is 2. The average Bonchev–Trinajstić information content (AvgIpc) is 2.48. The maximum absolute atomic E-state index is 11.7. The first-order valence-electron chi connectivity index (χ1n) is 7.23. The van der Waals surface area contributed by atoms with E-state index in [2.05, 4.69) is 23.8 Å². The summed E-state index contributed by atoms with van der Waals surface area (Å²) in [6, 6.07) is 0. The fraction of sp³-hybridized carbons (Fsp3) is 0.571. The van der Waals surface area contributed by atoms with Crippen molar-refractivity contribution in [3.8, 4) is 0 Å². The molecule has 8 heteroatoms. The molecule has 0 aliphatic carbocycles. The number of hydrogen-bond donors (Lipinski definition) is 2. The van der Waals surface area contributed by atoms with Crippen molar-refractivity contribution in [2.75, 3.05) is 52.4 Å². The standard InChI is InChI=1S/C14H24N4O4/c1-3-21-13(19)17-9-5-15-7-11-18(14(20)22-4-2)12-8-16-6-10-17/h3-4,15-16H,1-2,5-12H2. The highest BCUT2D eigenvalue weighted by atomic mass is 16.5. The molecule has 2 N–H and O–H groups in total. The Labute approximate surface area is 130 Å². The number of hydrogen-bond acceptors (Lipinski definition) is 6. The van der Waals surface area contributed by atoms with Crippen LogP contribution in [0.4, 0.5) is 9.59 Å². The van der Waals surface area contributed by atoms with E-state index in [0.717, 1.165) is 12.5 Å². The van der Waals surface area contributed by atoms with Gasteiger partial charge < -0.3 is 29.9 Å². The predicted molar refractivity (Wildman–Crippen MR) is 82.2 cm³/mol. The van der Waals surface area contributed by atoms with Crippen LogP contribution in [0.25, 0.3) is 0 Å². The van der Waals surface area contributed by atoms with Crippen molar-refractivity contribution < 1.29 is 19.1 Å². The van der Waals surface area contributed by atoms with Crippen molar-refractivity contribution in [3.63, 3.8) is 0 Å². The monoisotopic (exact) mass is 312 g/mol. The Kier molecular flexibility index (Phi) is 8.70. The minimum Gasteiger partial charge on any atom is -0.419 e. The summed E-state index contributed by atoms with van der Waals surface area (Å²) in [6.07, 6.45) is 1.43. The van der Waals surface area contributed by atoms with E-state index in [1.54, 1.807) is 9.80 Å². The van der Waals surface area contributed by atoms with Crippen molar-refractivity contribution in [2.24, 2.45) is 0 Å². The van der Waals surface area contributed by atoms with Crippen molar-refractivity contribution in [3.05, 3.63) is 25.7 Å². The lowest BCUT2D eigenvalue weighted by atomic mass is 10.4. The molecule has 124 valence electrons. The van der Waals surface area contributed by atoms with Crippen LogP contribution < -0.4 is 10.6 Å². The molecule has 0 aromatic rings. The van der Waals surface area contributed by atoms with Crippen molar-refractivity contribution in [1.29, 1.82) is 0 Å². The van der Waals surface area contributed by atoms with Gasteiger partial charge in [-0.3, -0.25) is 0 Å². The smallest absolute Gasteiger partial charge is 0.414 e. The molecule has 8 nitrogen and oxygen atoms in total. The summed E-state index contributed by atoms with van der Waals surface area (Å²) in [5, 5.41) is 6.37. The Morgan fingerprint density at radius 2 is 1.09 bits per heavy atom. The van der Waals surface area contributed by atoms with E-state index >= 15 is 0 Å². The van der Waals surface area contributed by atoms with Gasteiger partial charge in [-0.2, -0.15) is 0 Å². The molecule has 0 unspecified atom stereocenters.